The predicted octanol–water partition coefficient (Wildman–Crippen LogP) is 4.01. The molecular formula is C17H23NO. The van der Waals surface area contributed by atoms with E-state index in [1.54, 1.807) is 0 Å². The molecule has 1 aromatic carbocycles. The highest BCUT2D eigenvalue weighted by molar-refractivity contribution is 5.94. The van der Waals surface area contributed by atoms with Crippen LogP contribution in [0.5, 0.6) is 0 Å². The number of rotatable bonds is 4. The molecule has 1 aromatic rings. The van der Waals surface area contributed by atoms with Crippen molar-refractivity contribution in [3.8, 4) is 0 Å². The summed E-state index contributed by atoms with van der Waals surface area (Å²) in [5, 5.41) is 0. The normalized spacial score (nSPS) is 17.7. The zero-order chi connectivity index (χ0) is 13.8. The third-order valence-electron chi connectivity index (χ3n) is 3.82. The van der Waals surface area contributed by atoms with E-state index in [0.717, 1.165) is 25.1 Å². The number of carbonyl (C=O) groups excluding carboxylic acids is 1. The first kappa shape index (κ1) is 13.9. The van der Waals surface area contributed by atoms with Crippen molar-refractivity contribution in [2.45, 2.75) is 40.0 Å². The molecule has 0 heterocycles. The van der Waals surface area contributed by atoms with Crippen LogP contribution in [0, 0.1) is 19.8 Å². The van der Waals surface area contributed by atoms with Crippen LogP contribution >= 0.6 is 0 Å². The third-order valence-corrected chi connectivity index (χ3v) is 3.82. The fourth-order valence-electron chi connectivity index (χ4n) is 2.69. The highest BCUT2D eigenvalue weighted by atomic mass is 16.2. The first-order valence-electron chi connectivity index (χ1n) is 7.16. The summed E-state index contributed by atoms with van der Waals surface area (Å²) < 4.78 is 0. The molecule has 1 aliphatic rings. The molecule has 1 atom stereocenters. The summed E-state index contributed by atoms with van der Waals surface area (Å²) in [5.41, 5.74) is 3.44. The quantitative estimate of drug-likeness (QED) is 0.746. The number of aryl methyl sites for hydroxylation is 2. The number of allylic oxidation sites excluding steroid dienone is 2. The highest BCUT2D eigenvalue weighted by Gasteiger charge is 2.20. The fraction of sp³-hybridized carbons (Fsp3) is 0.471. The zero-order valence-corrected chi connectivity index (χ0v) is 12.1. The minimum absolute atomic E-state index is 0.243. The number of carbonyl (C=O) groups is 1. The average Bonchev–Trinajstić information content (AvgIpc) is 2.87. The largest absolute Gasteiger partial charge is 0.312 e. The lowest BCUT2D eigenvalue weighted by Crippen LogP contribution is -2.32. The van der Waals surface area contributed by atoms with Gasteiger partial charge in [0, 0.05) is 18.7 Å². The van der Waals surface area contributed by atoms with Crippen LogP contribution < -0.4 is 4.90 Å². The molecule has 2 rings (SSSR count). The monoisotopic (exact) mass is 257 g/mol. The second kappa shape index (κ2) is 6.05. The van der Waals surface area contributed by atoms with E-state index in [1.165, 1.54) is 11.1 Å². The van der Waals surface area contributed by atoms with Crippen LogP contribution in [-0.2, 0) is 4.79 Å². The molecule has 0 bridgehead atoms. The SMILES string of the molecule is CCN(C(=O)CC1C=CCC1)c1cc(C)ccc1C. The van der Waals surface area contributed by atoms with Crippen molar-refractivity contribution < 1.29 is 4.79 Å². The number of anilines is 1. The fourth-order valence-corrected chi connectivity index (χ4v) is 2.69. The predicted molar refractivity (Wildman–Crippen MR) is 80.4 cm³/mol. The van der Waals surface area contributed by atoms with Gasteiger partial charge in [0.15, 0.2) is 0 Å². The van der Waals surface area contributed by atoms with E-state index in [9.17, 15) is 4.79 Å². The van der Waals surface area contributed by atoms with Gasteiger partial charge in [-0.1, -0.05) is 24.3 Å². The first-order chi connectivity index (χ1) is 9.11. The Morgan fingerprint density at radius 2 is 2.16 bits per heavy atom. The summed E-state index contributed by atoms with van der Waals surface area (Å²) in [6.45, 7) is 6.92. The molecule has 1 amide bonds. The van der Waals surface area contributed by atoms with Gasteiger partial charge in [-0.05, 0) is 56.7 Å². The molecule has 0 radical (unpaired) electrons. The van der Waals surface area contributed by atoms with Gasteiger partial charge in [0.2, 0.25) is 5.91 Å². The van der Waals surface area contributed by atoms with Gasteiger partial charge < -0.3 is 4.90 Å². The van der Waals surface area contributed by atoms with Crippen molar-refractivity contribution in [3.05, 3.63) is 41.5 Å². The number of hydrogen-bond acceptors (Lipinski definition) is 1. The van der Waals surface area contributed by atoms with Gasteiger partial charge in [-0.25, -0.2) is 0 Å². The molecule has 19 heavy (non-hydrogen) atoms. The molecule has 1 aliphatic carbocycles. The van der Waals surface area contributed by atoms with E-state index in [1.807, 2.05) is 11.8 Å². The van der Waals surface area contributed by atoms with E-state index in [2.05, 4.69) is 44.2 Å². The van der Waals surface area contributed by atoms with Crippen LogP contribution in [0.2, 0.25) is 0 Å². The number of hydrogen-bond donors (Lipinski definition) is 0. The number of benzene rings is 1. The molecule has 0 aliphatic heterocycles. The standard InChI is InChI=1S/C17H23NO/c1-4-18(16-11-13(2)9-10-14(16)3)17(19)12-15-7-5-6-8-15/h5,7,9-11,15H,4,6,8,12H2,1-3H3. The molecule has 2 heteroatoms. The van der Waals surface area contributed by atoms with Crippen LogP contribution in [0.1, 0.15) is 37.3 Å². The Bertz CT molecular complexity index is 490. The van der Waals surface area contributed by atoms with Crippen LogP contribution in [-0.4, -0.2) is 12.5 Å². The molecule has 0 saturated heterocycles. The Labute approximate surface area is 116 Å². The van der Waals surface area contributed by atoms with Gasteiger partial charge in [0.25, 0.3) is 0 Å². The highest BCUT2D eigenvalue weighted by Crippen LogP contribution is 2.26. The molecule has 2 nitrogen and oxygen atoms in total. The molecule has 0 spiro atoms. The molecular weight excluding hydrogens is 234 g/mol. The Morgan fingerprint density at radius 1 is 1.37 bits per heavy atom. The molecule has 0 saturated carbocycles. The van der Waals surface area contributed by atoms with Crippen molar-refractivity contribution in [1.29, 1.82) is 0 Å². The molecule has 102 valence electrons. The summed E-state index contributed by atoms with van der Waals surface area (Å²) in [6, 6.07) is 6.30. The van der Waals surface area contributed by atoms with Gasteiger partial charge in [-0.2, -0.15) is 0 Å². The Hall–Kier alpha value is -1.57. The lowest BCUT2D eigenvalue weighted by Gasteiger charge is -2.24. The van der Waals surface area contributed by atoms with E-state index in [4.69, 9.17) is 0 Å². The van der Waals surface area contributed by atoms with Gasteiger partial charge in [0.1, 0.15) is 0 Å². The molecule has 0 fully saturated rings. The van der Waals surface area contributed by atoms with Gasteiger partial charge in [0.05, 0.1) is 0 Å². The van der Waals surface area contributed by atoms with E-state index in [0.29, 0.717) is 12.3 Å². The Morgan fingerprint density at radius 3 is 2.79 bits per heavy atom. The summed E-state index contributed by atoms with van der Waals surface area (Å²) in [5.74, 6) is 0.680. The average molecular weight is 257 g/mol. The lowest BCUT2D eigenvalue weighted by atomic mass is 10.0. The van der Waals surface area contributed by atoms with Gasteiger partial charge in [-0.15, -0.1) is 0 Å². The summed E-state index contributed by atoms with van der Waals surface area (Å²) >= 11 is 0. The van der Waals surface area contributed by atoms with E-state index >= 15 is 0 Å². The summed E-state index contributed by atoms with van der Waals surface area (Å²) in [4.78, 5) is 14.4. The Kier molecular flexibility index (Phi) is 4.41. The number of nitrogens with zero attached hydrogens (tertiary/aromatic N) is 1. The van der Waals surface area contributed by atoms with E-state index in [-0.39, 0.29) is 5.91 Å². The minimum Gasteiger partial charge on any atom is -0.312 e. The third kappa shape index (κ3) is 3.25. The van der Waals surface area contributed by atoms with Crippen molar-refractivity contribution in [2.24, 2.45) is 5.92 Å². The van der Waals surface area contributed by atoms with Crippen LogP contribution in [0.15, 0.2) is 30.4 Å². The molecule has 0 aromatic heterocycles. The number of amides is 1. The zero-order valence-electron chi connectivity index (χ0n) is 12.1. The second-order valence-electron chi connectivity index (χ2n) is 5.40. The topological polar surface area (TPSA) is 20.3 Å². The molecule has 0 N–H and O–H groups in total. The molecule has 1 unspecified atom stereocenters. The summed E-state index contributed by atoms with van der Waals surface area (Å²) in [7, 11) is 0. The smallest absolute Gasteiger partial charge is 0.227 e. The maximum Gasteiger partial charge on any atom is 0.227 e. The summed E-state index contributed by atoms with van der Waals surface area (Å²) in [6.07, 6.45) is 7.25. The van der Waals surface area contributed by atoms with Crippen LogP contribution in [0.3, 0.4) is 0 Å². The minimum atomic E-state index is 0.243. The lowest BCUT2D eigenvalue weighted by molar-refractivity contribution is -0.119. The van der Waals surface area contributed by atoms with Crippen LogP contribution in [0.4, 0.5) is 5.69 Å². The Balaban J connectivity index is 2.16. The van der Waals surface area contributed by atoms with E-state index < -0.39 is 0 Å². The van der Waals surface area contributed by atoms with Gasteiger partial charge >= 0.3 is 0 Å². The van der Waals surface area contributed by atoms with Gasteiger partial charge in [-0.3, -0.25) is 4.79 Å². The van der Waals surface area contributed by atoms with Crippen molar-refractivity contribution >= 4 is 11.6 Å². The van der Waals surface area contributed by atoms with Crippen molar-refractivity contribution in [2.75, 3.05) is 11.4 Å². The van der Waals surface area contributed by atoms with Crippen molar-refractivity contribution in [1.82, 2.24) is 0 Å². The first-order valence-corrected chi connectivity index (χ1v) is 7.16. The second-order valence-corrected chi connectivity index (χ2v) is 5.40. The van der Waals surface area contributed by atoms with Crippen LogP contribution in [0.25, 0.3) is 0 Å². The maximum atomic E-state index is 12.5. The van der Waals surface area contributed by atoms with Crippen molar-refractivity contribution in [3.63, 3.8) is 0 Å². The maximum absolute atomic E-state index is 12.5.